The van der Waals surface area contributed by atoms with Crippen molar-refractivity contribution >= 4 is 16.6 Å². The Morgan fingerprint density at radius 3 is 1.83 bits per heavy atom. The van der Waals surface area contributed by atoms with E-state index in [1.54, 1.807) is 6.08 Å². The summed E-state index contributed by atoms with van der Waals surface area (Å²) in [5.74, 6) is 0.459. The largest absolute Gasteiger partial charge is 0.413 e. The van der Waals surface area contributed by atoms with Gasteiger partial charge >= 0.3 is 0 Å². The summed E-state index contributed by atoms with van der Waals surface area (Å²) >= 11 is 0. The molecular weight excluding hydrogens is 545 g/mol. The molecule has 0 heterocycles. The maximum Gasteiger partial charge on any atom is 0.192 e. The van der Waals surface area contributed by atoms with Crippen molar-refractivity contribution in [3.63, 3.8) is 0 Å². The first-order valence-corrected chi connectivity index (χ1v) is 21.5. The van der Waals surface area contributed by atoms with Gasteiger partial charge in [-0.25, -0.2) is 0 Å². The summed E-state index contributed by atoms with van der Waals surface area (Å²) in [6.45, 7) is 32.1. The number of aliphatic hydroxyl groups excluding tert-OH is 2. The Balaban J connectivity index is 2.77. The lowest BCUT2D eigenvalue weighted by Gasteiger charge is -2.43. The van der Waals surface area contributed by atoms with Crippen LogP contribution in [0, 0.1) is 11.8 Å². The minimum atomic E-state index is -2.01. The Bertz CT molecular complexity index is 875. The fourth-order valence-electron chi connectivity index (χ4n) is 4.51. The lowest BCUT2D eigenvalue weighted by Crippen LogP contribution is -2.48. The van der Waals surface area contributed by atoms with E-state index in [2.05, 4.69) is 100 Å². The van der Waals surface area contributed by atoms with Crippen molar-refractivity contribution < 1.29 is 23.8 Å². The molecule has 6 atom stereocenters. The highest BCUT2D eigenvalue weighted by molar-refractivity contribution is 6.74. The van der Waals surface area contributed by atoms with Gasteiger partial charge in [0.05, 0.1) is 37.6 Å². The number of ether oxygens (including phenoxy) is 1. The van der Waals surface area contributed by atoms with E-state index in [4.69, 9.17) is 13.6 Å². The van der Waals surface area contributed by atoms with Gasteiger partial charge in [0, 0.05) is 12.3 Å². The second kappa shape index (κ2) is 16.3. The lowest BCUT2D eigenvalue weighted by atomic mass is 9.89. The van der Waals surface area contributed by atoms with Gasteiger partial charge in [0.15, 0.2) is 16.6 Å². The van der Waals surface area contributed by atoms with Crippen LogP contribution in [0.1, 0.15) is 86.6 Å². The minimum absolute atomic E-state index is 0.0342. The molecule has 1 aromatic rings. The second-order valence-corrected chi connectivity index (χ2v) is 24.8. The van der Waals surface area contributed by atoms with Gasteiger partial charge in [-0.1, -0.05) is 91.8 Å². The minimum Gasteiger partial charge on any atom is -0.413 e. The molecular formula is C34H64O5Si2. The van der Waals surface area contributed by atoms with Crippen molar-refractivity contribution in [1.29, 1.82) is 0 Å². The molecule has 0 aliphatic heterocycles. The average molecular weight is 609 g/mol. The van der Waals surface area contributed by atoms with Crippen molar-refractivity contribution in [3.05, 3.63) is 48.6 Å². The van der Waals surface area contributed by atoms with Crippen LogP contribution >= 0.6 is 0 Å². The third-order valence-corrected chi connectivity index (χ3v) is 18.3. The van der Waals surface area contributed by atoms with Crippen LogP contribution < -0.4 is 0 Å². The molecule has 1 rings (SSSR count). The van der Waals surface area contributed by atoms with Crippen molar-refractivity contribution in [3.8, 4) is 0 Å². The average Bonchev–Trinajstić information content (AvgIpc) is 2.84. The molecule has 5 nitrogen and oxygen atoms in total. The summed E-state index contributed by atoms with van der Waals surface area (Å²) in [6.07, 6.45) is 2.63. The molecule has 0 fully saturated rings. The molecule has 0 aliphatic rings. The Morgan fingerprint density at radius 1 is 0.780 bits per heavy atom. The van der Waals surface area contributed by atoms with Gasteiger partial charge in [0.25, 0.3) is 0 Å². The normalized spacial score (nSPS) is 17.9. The first-order valence-electron chi connectivity index (χ1n) is 15.7. The molecule has 0 aliphatic carbocycles. The van der Waals surface area contributed by atoms with Crippen LogP contribution in [0.25, 0.3) is 0 Å². The number of hydrogen-bond donors (Lipinski definition) is 2. The van der Waals surface area contributed by atoms with Crippen molar-refractivity contribution in [2.45, 2.75) is 148 Å². The zero-order valence-corrected chi connectivity index (χ0v) is 30.5. The monoisotopic (exact) mass is 608 g/mol. The SMILES string of the molecule is C=C[C@@H](C[C@H](O)C[C@@H](O)CC[C@@H](C)[C@H](O[Si](C)(C)C(C)(C)C)[C@H](C)COCc1ccccc1)O[Si](C)(C)C(C)(C)C. The lowest BCUT2D eigenvalue weighted by molar-refractivity contribution is 0.00292. The molecule has 0 amide bonds. The predicted octanol–water partition coefficient (Wildman–Crippen LogP) is 8.72. The Labute approximate surface area is 255 Å². The molecule has 0 saturated carbocycles. The van der Waals surface area contributed by atoms with Gasteiger partial charge < -0.3 is 23.8 Å². The summed E-state index contributed by atoms with van der Waals surface area (Å²) < 4.78 is 19.6. The highest BCUT2D eigenvalue weighted by Gasteiger charge is 2.42. The first kappa shape index (κ1) is 38.2. The van der Waals surface area contributed by atoms with E-state index in [9.17, 15) is 10.2 Å². The van der Waals surface area contributed by atoms with Crippen LogP contribution in [-0.4, -0.2) is 57.9 Å². The van der Waals surface area contributed by atoms with Gasteiger partial charge in [0.2, 0.25) is 0 Å². The van der Waals surface area contributed by atoms with Gasteiger partial charge in [-0.3, -0.25) is 0 Å². The van der Waals surface area contributed by atoms with Crippen molar-refractivity contribution in [2.75, 3.05) is 6.61 Å². The molecule has 1 aromatic carbocycles. The Morgan fingerprint density at radius 2 is 1.32 bits per heavy atom. The maximum absolute atomic E-state index is 10.9. The predicted molar refractivity (Wildman–Crippen MR) is 179 cm³/mol. The zero-order valence-electron chi connectivity index (χ0n) is 28.5. The topological polar surface area (TPSA) is 68.2 Å². The summed E-state index contributed by atoms with van der Waals surface area (Å²) in [6, 6.07) is 10.3. The van der Waals surface area contributed by atoms with Crippen LogP contribution in [0.4, 0.5) is 0 Å². The van der Waals surface area contributed by atoms with Crippen LogP contribution in [0.3, 0.4) is 0 Å². The van der Waals surface area contributed by atoms with E-state index in [1.807, 2.05) is 18.2 Å². The smallest absolute Gasteiger partial charge is 0.192 e. The van der Waals surface area contributed by atoms with Gasteiger partial charge in [-0.15, -0.1) is 6.58 Å². The zero-order chi connectivity index (χ0) is 31.6. The molecule has 41 heavy (non-hydrogen) atoms. The van der Waals surface area contributed by atoms with E-state index >= 15 is 0 Å². The summed E-state index contributed by atoms with van der Waals surface area (Å²) in [7, 11) is -3.99. The summed E-state index contributed by atoms with van der Waals surface area (Å²) in [5, 5.41) is 21.9. The van der Waals surface area contributed by atoms with E-state index in [0.717, 1.165) is 6.42 Å². The van der Waals surface area contributed by atoms with Crippen LogP contribution in [0.5, 0.6) is 0 Å². The molecule has 0 aromatic heterocycles. The molecule has 2 N–H and O–H groups in total. The first-order chi connectivity index (χ1) is 18.7. The number of benzene rings is 1. The van der Waals surface area contributed by atoms with E-state index < -0.39 is 28.8 Å². The molecule has 7 heteroatoms. The standard InChI is InChI=1S/C34H64O5Si2/c1-14-31(38-40(10,11)33(4,5)6)23-30(36)22-29(35)21-20-26(2)32(39-41(12,13)34(7,8)9)27(3)24-37-25-28-18-16-15-17-19-28/h14-19,26-27,29-32,35-36H,1,20-25H2,2-13H3/t26-,27-,29+,30-,31+,32+/m1/s1. The molecule has 238 valence electrons. The summed E-state index contributed by atoms with van der Waals surface area (Å²) in [5.41, 5.74) is 1.17. The van der Waals surface area contributed by atoms with Crippen LogP contribution in [-0.2, 0) is 20.2 Å². The highest BCUT2D eigenvalue weighted by atomic mass is 28.4. The number of rotatable bonds is 18. The van der Waals surface area contributed by atoms with E-state index in [1.165, 1.54) is 5.56 Å². The molecule has 0 spiro atoms. The van der Waals surface area contributed by atoms with E-state index in [0.29, 0.717) is 32.5 Å². The van der Waals surface area contributed by atoms with Gasteiger partial charge in [-0.05, 0) is 67.0 Å². The van der Waals surface area contributed by atoms with Crippen molar-refractivity contribution in [2.24, 2.45) is 11.8 Å². The maximum atomic E-state index is 10.9. The number of hydrogen-bond acceptors (Lipinski definition) is 5. The van der Waals surface area contributed by atoms with Gasteiger partial charge in [0.1, 0.15) is 0 Å². The summed E-state index contributed by atoms with van der Waals surface area (Å²) in [4.78, 5) is 0. The molecule has 0 bridgehead atoms. The molecule has 0 radical (unpaired) electrons. The van der Waals surface area contributed by atoms with Gasteiger partial charge in [-0.2, -0.15) is 0 Å². The Kier molecular flexibility index (Phi) is 15.2. The number of aliphatic hydroxyl groups is 2. The molecule has 0 saturated heterocycles. The van der Waals surface area contributed by atoms with Crippen LogP contribution in [0.15, 0.2) is 43.0 Å². The molecule has 0 unspecified atom stereocenters. The third-order valence-electron chi connectivity index (χ3n) is 9.37. The van der Waals surface area contributed by atoms with Crippen LogP contribution in [0.2, 0.25) is 36.3 Å². The highest BCUT2D eigenvalue weighted by Crippen LogP contribution is 2.40. The van der Waals surface area contributed by atoms with Crippen molar-refractivity contribution in [1.82, 2.24) is 0 Å². The Hall–Kier alpha value is -0.806. The third kappa shape index (κ3) is 13.2. The fraction of sp³-hybridized carbons (Fsp3) is 0.765. The fourth-order valence-corrected chi connectivity index (χ4v) is 7.31. The van der Waals surface area contributed by atoms with E-state index in [-0.39, 0.29) is 34.1 Å². The second-order valence-electron chi connectivity index (χ2n) is 15.3. The quantitative estimate of drug-likeness (QED) is 0.129.